The Bertz CT molecular complexity index is 814. The Balaban J connectivity index is 2.36. The van der Waals surface area contributed by atoms with Gasteiger partial charge in [0.05, 0.1) is 0 Å². The molecule has 0 aromatic heterocycles. The van der Waals surface area contributed by atoms with E-state index in [2.05, 4.69) is 5.32 Å². The lowest BCUT2D eigenvalue weighted by molar-refractivity contribution is -0.0994. The number of hydrogen-bond donors (Lipinski definition) is 1. The number of alkyl halides is 3. The number of likely N-dealkylation sites (N-methyl/N-ethyl adjacent to an activating group) is 1. The Kier molecular flexibility index (Phi) is 7.17. The standard InChI is InChI=1S/C23H29F3N2/c1-6-10-16(3)22(23(24,25)26)27-21-15-9-14-20(28(21)5)19-13-8-12-18(11-7-2)17(19)4/h7-9,11-15,21,27H,6,10H2,1-5H3/b11-7-,22-16-. The third kappa shape index (κ3) is 4.89. The number of hydrogen-bond acceptors (Lipinski definition) is 2. The van der Waals surface area contributed by atoms with Gasteiger partial charge in [0.1, 0.15) is 11.9 Å². The lowest BCUT2D eigenvalue weighted by atomic mass is 9.97. The molecule has 0 aliphatic carbocycles. The molecule has 0 bridgehead atoms. The van der Waals surface area contributed by atoms with Crippen LogP contribution >= 0.6 is 0 Å². The Labute approximate surface area is 166 Å². The summed E-state index contributed by atoms with van der Waals surface area (Å²) in [5.74, 6) is 0. The highest BCUT2D eigenvalue weighted by molar-refractivity contribution is 5.73. The fourth-order valence-corrected chi connectivity index (χ4v) is 3.46. The molecule has 0 radical (unpaired) electrons. The number of halogens is 3. The summed E-state index contributed by atoms with van der Waals surface area (Å²) < 4.78 is 40.8. The maximum atomic E-state index is 13.6. The fourth-order valence-electron chi connectivity index (χ4n) is 3.46. The van der Waals surface area contributed by atoms with E-state index in [0.717, 1.165) is 22.4 Å². The van der Waals surface area contributed by atoms with Gasteiger partial charge in [-0.05, 0) is 56.0 Å². The van der Waals surface area contributed by atoms with Crippen molar-refractivity contribution in [3.05, 3.63) is 70.5 Å². The maximum absolute atomic E-state index is 13.6. The highest BCUT2D eigenvalue weighted by Crippen LogP contribution is 2.32. The van der Waals surface area contributed by atoms with E-state index in [4.69, 9.17) is 0 Å². The zero-order chi connectivity index (χ0) is 20.9. The maximum Gasteiger partial charge on any atom is 0.430 e. The SMILES string of the molecule is C/C=C\c1cccc(C2=CC=CC(N/C(=C(/C)CCC)C(F)(F)F)N2C)c1C. The van der Waals surface area contributed by atoms with Crippen molar-refractivity contribution in [3.8, 4) is 0 Å². The normalized spacial score (nSPS) is 18.4. The Morgan fingerprint density at radius 1 is 1.29 bits per heavy atom. The first-order chi connectivity index (χ1) is 13.2. The highest BCUT2D eigenvalue weighted by atomic mass is 19.4. The first kappa shape index (κ1) is 21.9. The number of benzene rings is 1. The van der Waals surface area contributed by atoms with Crippen molar-refractivity contribution >= 4 is 11.8 Å². The van der Waals surface area contributed by atoms with E-state index in [9.17, 15) is 13.2 Å². The van der Waals surface area contributed by atoms with Crippen molar-refractivity contribution in [1.82, 2.24) is 10.2 Å². The van der Waals surface area contributed by atoms with Gasteiger partial charge in [-0.1, -0.05) is 49.8 Å². The molecule has 28 heavy (non-hydrogen) atoms. The van der Waals surface area contributed by atoms with E-state index in [1.807, 2.05) is 75.2 Å². The topological polar surface area (TPSA) is 15.3 Å². The lowest BCUT2D eigenvalue weighted by Crippen LogP contribution is -2.45. The summed E-state index contributed by atoms with van der Waals surface area (Å²) in [7, 11) is 1.82. The molecule has 152 valence electrons. The third-order valence-electron chi connectivity index (χ3n) is 4.97. The van der Waals surface area contributed by atoms with Crippen LogP contribution in [0.5, 0.6) is 0 Å². The zero-order valence-corrected chi connectivity index (χ0v) is 17.2. The number of allylic oxidation sites excluding steroid dienone is 5. The molecule has 0 amide bonds. The summed E-state index contributed by atoms with van der Waals surface area (Å²) in [6, 6.07) is 6.01. The predicted octanol–water partition coefficient (Wildman–Crippen LogP) is 6.42. The summed E-state index contributed by atoms with van der Waals surface area (Å²) in [5, 5.41) is 2.73. The average molecular weight is 390 g/mol. The Hall–Kier alpha value is -2.43. The van der Waals surface area contributed by atoms with Crippen LogP contribution in [0.15, 0.2) is 53.8 Å². The predicted molar refractivity (Wildman–Crippen MR) is 111 cm³/mol. The second-order valence-electron chi connectivity index (χ2n) is 7.06. The molecule has 5 heteroatoms. The van der Waals surface area contributed by atoms with Gasteiger partial charge in [-0.25, -0.2) is 0 Å². The minimum absolute atomic E-state index is 0.333. The van der Waals surface area contributed by atoms with E-state index >= 15 is 0 Å². The second-order valence-corrected chi connectivity index (χ2v) is 7.06. The van der Waals surface area contributed by atoms with Gasteiger partial charge in [0.25, 0.3) is 0 Å². The molecule has 1 aromatic carbocycles. The number of nitrogens with zero attached hydrogens (tertiary/aromatic N) is 1. The Morgan fingerprint density at radius 2 is 2.00 bits per heavy atom. The van der Waals surface area contributed by atoms with E-state index in [1.54, 1.807) is 13.0 Å². The molecule has 1 aliphatic heterocycles. The summed E-state index contributed by atoms with van der Waals surface area (Å²) in [5.41, 5.74) is 3.79. The summed E-state index contributed by atoms with van der Waals surface area (Å²) in [4.78, 5) is 1.85. The lowest BCUT2D eigenvalue weighted by Gasteiger charge is -2.35. The van der Waals surface area contributed by atoms with Gasteiger partial charge in [0, 0.05) is 18.3 Å². The largest absolute Gasteiger partial charge is 0.430 e. The van der Waals surface area contributed by atoms with Crippen LogP contribution in [-0.4, -0.2) is 24.3 Å². The number of rotatable bonds is 6. The van der Waals surface area contributed by atoms with Crippen LogP contribution in [0.1, 0.15) is 50.3 Å². The molecule has 1 aliphatic rings. The molecule has 1 N–H and O–H groups in total. The van der Waals surface area contributed by atoms with Gasteiger partial charge < -0.3 is 10.2 Å². The van der Waals surface area contributed by atoms with E-state index in [1.165, 1.54) is 0 Å². The van der Waals surface area contributed by atoms with Crippen LogP contribution in [-0.2, 0) is 0 Å². The van der Waals surface area contributed by atoms with E-state index in [-0.39, 0.29) is 0 Å². The van der Waals surface area contributed by atoms with Crippen molar-refractivity contribution in [2.24, 2.45) is 0 Å². The van der Waals surface area contributed by atoms with Crippen LogP contribution < -0.4 is 5.32 Å². The fraction of sp³-hybridized carbons (Fsp3) is 0.391. The summed E-state index contributed by atoms with van der Waals surface area (Å²) in [6.07, 6.45) is 5.62. The molecule has 0 spiro atoms. The molecule has 1 aromatic rings. The van der Waals surface area contributed by atoms with Crippen LogP contribution in [0.4, 0.5) is 13.2 Å². The Morgan fingerprint density at radius 3 is 2.61 bits per heavy atom. The second kappa shape index (κ2) is 9.18. The van der Waals surface area contributed by atoms with Crippen molar-refractivity contribution in [1.29, 1.82) is 0 Å². The van der Waals surface area contributed by atoms with Crippen molar-refractivity contribution in [2.75, 3.05) is 7.05 Å². The quantitative estimate of drug-likeness (QED) is 0.603. The molecular weight excluding hydrogens is 361 g/mol. The van der Waals surface area contributed by atoms with Gasteiger partial charge >= 0.3 is 6.18 Å². The molecule has 0 fully saturated rings. The van der Waals surface area contributed by atoms with Gasteiger partial charge in [-0.2, -0.15) is 13.2 Å². The van der Waals surface area contributed by atoms with Crippen molar-refractivity contribution in [3.63, 3.8) is 0 Å². The van der Waals surface area contributed by atoms with E-state index in [0.29, 0.717) is 18.4 Å². The van der Waals surface area contributed by atoms with Gasteiger partial charge in [-0.3, -0.25) is 0 Å². The summed E-state index contributed by atoms with van der Waals surface area (Å²) in [6.45, 7) is 7.43. The first-order valence-corrected chi connectivity index (χ1v) is 9.58. The number of nitrogens with one attached hydrogen (secondary N) is 1. The highest BCUT2D eigenvalue weighted by Gasteiger charge is 2.37. The molecule has 2 nitrogen and oxygen atoms in total. The molecule has 1 atom stereocenters. The first-order valence-electron chi connectivity index (χ1n) is 9.58. The molecule has 0 saturated carbocycles. The van der Waals surface area contributed by atoms with Crippen LogP contribution in [0.2, 0.25) is 0 Å². The van der Waals surface area contributed by atoms with Crippen molar-refractivity contribution in [2.45, 2.75) is 52.9 Å². The van der Waals surface area contributed by atoms with Crippen LogP contribution in [0.25, 0.3) is 11.8 Å². The van der Waals surface area contributed by atoms with Gasteiger partial charge in [0.2, 0.25) is 0 Å². The third-order valence-corrected chi connectivity index (χ3v) is 4.97. The molecule has 0 saturated heterocycles. The molecule has 1 unspecified atom stereocenters. The minimum Gasteiger partial charge on any atom is -0.358 e. The molecular formula is C23H29F3N2. The van der Waals surface area contributed by atoms with Gasteiger partial charge in [0.15, 0.2) is 0 Å². The van der Waals surface area contributed by atoms with Crippen LogP contribution in [0, 0.1) is 6.92 Å². The average Bonchev–Trinajstić information content (AvgIpc) is 2.62. The monoisotopic (exact) mass is 390 g/mol. The van der Waals surface area contributed by atoms with Gasteiger partial charge in [-0.15, -0.1) is 0 Å². The zero-order valence-electron chi connectivity index (χ0n) is 17.2. The summed E-state index contributed by atoms with van der Waals surface area (Å²) >= 11 is 0. The molecule has 2 rings (SSSR count). The van der Waals surface area contributed by atoms with E-state index < -0.39 is 18.0 Å². The van der Waals surface area contributed by atoms with Crippen molar-refractivity contribution < 1.29 is 13.2 Å². The molecule has 1 heterocycles. The minimum atomic E-state index is -4.41. The smallest absolute Gasteiger partial charge is 0.358 e. The van der Waals surface area contributed by atoms with Crippen LogP contribution in [0.3, 0.4) is 0 Å².